The van der Waals surface area contributed by atoms with Crippen LogP contribution < -0.4 is 10.6 Å². The third kappa shape index (κ3) is 7.09. The molecule has 0 spiro atoms. The average molecular weight is 348 g/mol. The van der Waals surface area contributed by atoms with Gasteiger partial charge in [-0.1, -0.05) is 18.9 Å². The van der Waals surface area contributed by atoms with Crippen molar-refractivity contribution in [3.63, 3.8) is 0 Å². The fraction of sp³-hybridized carbons (Fsp3) is 0.611. The lowest BCUT2D eigenvalue weighted by Gasteiger charge is -2.32. The molecule has 25 heavy (non-hydrogen) atoms. The van der Waals surface area contributed by atoms with Crippen LogP contribution in [0.1, 0.15) is 37.7 Å². The first kappa shape index (κ1) is 19.2. The fourth-order valence-electron chi connectivity index (χ4n) is 3.15. The van der Waals surface area contributed by atoms with Crippen molar-refractivity contribution < 1.29 is 14.7 Å². The number of carbonyl (C=O) groups excluding carboxylic acids is 2. The van der Waals surface area contributed by atoms with Crippen molar-refractivity contribution in [2.45, 2.75) is 38.5 Å². The number of aliphatic hydroxyl groups excluding tert-OH is 1. The molecule has 2 rings (SSSR count). The minimum Gasteiger partial charge on any atom is -0.376 e. The Labute approximate surface area is 148 Å². The molecule has 1 aromatic heterocycles. The van der Waals surface area contributed by atoms with Gasteiger partial charge in [-0.15, -0.1) is 0 Å². The largest absolute Gasteiger partial charge is 0.376 e. The monoisotopic (exact) mass is 348 g/mol. The normalized spacial score (nSPS) is 15.0. The van der Waals surface area contributed by atoms with Crippen LogP contribution in [-0.4, -0.2) is 53.3 Å². The quantitative estimate of drug-likeness (QED) is 0.487. The van der Waals surface area contributed by atoms with Crippen molar-refractivity contribution in [1.82, 2.24) is 20.5 Å². The van der Waals surface area contributed by atoms with Crippen LogP contribution in [-0.2, 0) is 11.2 Å². The van der Waals surface area contributed by atoms with Gasteiger partial charge in [0.15, 0.2) is 0 Å². The van der Waals surface area contributed by atoms with E-state index in [1.165, 1.54) is 0 Å². The summed E-state index contributed by atoms with van der Waals surface area (Å²) in [6, 6.07) is 3.46. The molecule has 1 aliphatic heterocycles. The number of rotatable bonds is 8. The number of piperidine rings is 1. The lowest BCUT2D eigenvalue weighted by Crippen LogP contribution is -2.39. The molecular weight excluding hydrogens is 320 g/mol. The maximum Gasteiger partial charge on any atom is 0.316 e. The maximum atomic E-state index is 12.3. The van der Waals surface area contributed by atoms with E-state index in [0.717, 1.165) is 50.8 Å². The number of urea groups is 1. The van der Waals surface area contributed by atoms with Gasteiger partial charge in [-0.3, -0.25) is 9.78 Å². The zero-order valence-electron chi connectivity index (χ0n) is 14.6. The molecule has 3 N–H and O–H groups in total. The summed E-state index contributed by atoms with van der Waals surface area (Å²) in [4.78, 5) is 29.5. The smallest absolute Gasteiger partial charge is 0.316 e. The number of nitrogens with zero attached hydrogens (tertiary/aromatic N) is 2. The van der Waals surface area contributed by atoms with Crippen molar-refractivity contribution in [3.05, 3.63) is 30.1 Å². The maximum absolute atomic E-state index is 12.3. The average Bonchev–Trinajstić information content (AvgIpc) is 2.63. The number of aliphatic hydroxyl groups is 1. The van der Waals surface area contributed by atoms with Crippen LogP contribution in [0, 0.1) is 5.92 Å². The molecule has 0 radical (unpaired) electrons. The van der Waals surface area contributed by atoms with Crippen LogP contribution in [0.5, 0.6) is 0 Å². The Hall–Kier alpha value is -2.15. The number of hydrogen-bond donors (Lipinski definition) is 3. The van der Waals surface area contributed by atoms with Crippen LogP contribution in [0.4, 0.5) is 4.79 Å². The molecule has 3 amide bonds. The van der Waals surface area contributed by atoms with Crippen molar-refractivity contribution in [1.29, 1.82) is 0 Å². The number of pyridine rings is 1. The summed E-state index contributed by atoms with van der Waals surface area (Å²) < 4.78 is 0. The number of likely N-dealkylation sites (tertiary alicyclic amines) is 1. The highest BCUT2D eigenvalue weighted by Crippen LogP contribution is 2.23. The predicted molar refractivity (Wildman–Crippen MR) is 94.7 cm³/mol. The van der Waals surface area contributed by atoms with Gasteiger partial charge in [0, 0.05) is 32.0 Å². The third-order valence-electron chi connectivity index (χ3n) is 4.61. The van der Waals surface area contributed by atoms with E-state index in [-0.39, 0.29) is 18.7 Å². The molecule has 7 heteroatoms. The van der Waals surface area contributed by atoms with Crippen molar-refractivity contribution in [2.24, 2.45) is 5.92 Å². The number of unbranched alkanes of at least 4 members (excludes halogenated alkanes) is 1. The van der Waals surface area contributed by atoms with Gasteiger partial charge in [0.25, 0.3) is 0 Å². The fourth-order valence-corrected chi connectivity index (χ4v) is 3.15. The third-order valence-corrected chi connectivity index (χ3v) is 4.61. The Morgan fingerprint density at radius 3 is 2.72 bits per heavy atom. The minimum atomic E-state index is -0.343. The van der Waals surface area contributed by atoms with Crippen LogP contribution >= 0.6 is 0 Å². The summed E-state index contributed by atoms with van der Waals surface area (Å²) in [5, 5.41) is 13.5. The molecule has 0 atom stereocenters. The molecule has 2 heterocycles. The van der Waals surface area contributed by atoms with Gasteiger partial charge >= 0.3 is 6.03 Å². The second-order valence-corrected chi connectivity index (χ2v) is 6.45. The van der Waals surface area contributed by atoms with Crippen molar-refractivity contribution in [2.75, 3.05) is 26.4 Å². The van der Waals surface area contributed by atoms with Gasteiger partial charge in [-0.2, -0.15) is 0 Å². The van der Waals surface area contributed by atoms with Gasteiger partial charge < -0.3 is 20.6 Å². The van der Waals surface area contributed by atoms with Gasteiger partial charge in [0.1, 0.15) is 6.73 Å². The van der Waals surface area contributed by atoms with Gasteiger partial charge in [0.05, 0.1) is 6.42 Å². The zero-order valence-corrected chi connectivity index (χ0v) is 14.6. The van der Waals surface area contributed by atoms with E-state index >= 15 is 0 Å². The Kier molecular flexibility index (Phi) is 8.18. The van der Waals surface area contributed by atoms with E-state index in [1.807, 2.05) is 17.0 Å². The van der Waals surface area contributed by atoms with E-state index in [1.54, 1.807) is 12.4 Å². The molecule has 138 valence electrons. The second-order valence-electron chi connectivity index (χ2n) is 6.45. The van der Waals surface area contributed by atoms with E-state index in [2.05, 4.69) is 15.6 Å². The van der Waals surface area contributed by atoms with E-state index in [4.69, 9.17) is 5.11 Å². The summed E-state index contributed by atoms with van der Waals surface area (Å²) in [6.07, 6.45) is 9.13. The second kappa shape index (κ2) is 10.7. The highest BCUT2D eigenvalue weighted by atomic mass is 16.3. The molecule has 7 nitrogen and oxygen atoms in total. The highest BCUT2D eigenvalue weighted by Gasteiger charge is 2.22. The van der Waals surface area contributed by atoms with E-state index in [9.17, 15) is 9.59 Å². The highest BCUT2D eigenvalue weighted by molar-refractivity contribution is 5.78. The molecular formula is C18H28N4O3. The standard InChI is InChI=1S/C18H28N4O3/c23-14-21-18(25)20-9-2-1-4-15-6-10-22(11-7-15)17(24)12-16-5-3-8-19-13-16/h3,5,8,13,15,23H,1-2,4,6-7,9-12,14H2,(H2,20,21,25). The Morgan fingerprint density at radius 1 is 1.24 bits per heavy atom. The molecule has 0 aliphatic carbocycles. The van der Waals surface area contributed by atoms with Gasteiger partial charge in [0.2, 0.25) is 5.91 Å². The van der Waals surface area contributed by atoms with Crippen LogP contribution in [0.3, 0.4) is 0 Å². The number of amides is 3. The summed E-state index contributed by atoms with van der Waals surface area (Å²) in [6.45, 7) is 1.94. The first-order valence-electron chi connectivity index (χ1n) is 8.98. The first-order valence-corrected chi connectivity index (χ1v) is 8.98. The molecule has 1 fully saturated rings. The summed E-state index contributed by atoms with van der Waals surface area (Å²) >= 11 is 0. The number of carbonyl (C=O) groups is 2. The Balaban J connectivity index is 1.57. The summed E-state index contributed by atoms with van der Waals surface area (Å²) in [7, 11) is 0. The molecule has 1 saturated heterocycles. The number of nitrogens with one attached hydrogen (secondary N) is 2. The predicted octanol–water partition coefficient (Wildman–Crippen LogP) is 1.28. The summed E-state index contributed by atoms with van der Waals surface area (Å²) in [5.41, 5.74) is 0.965. The molecule has 0 unspecified atom stereocenters. The molecule has 0 saturated carbocycles. The van der Waals surface area contributed by atoms with Crippen LogP contribution in [0.2, 0.25) is 0 Å². The van der Waals surface area contributed by atoms with Gasteiger partial charge in [-0.05, 0) is 36.8 Å². The topological polar surface area (TPSA) is 94.6 Å². The minimum absolute atomic E-state index is 0.186. The van der Waals surface area contributed by atoms with Crippen LogP contribution in [0.15, 0.2) is 24.5 Å². The van der Waals surface area contributed by atoms with E-state index < -0.39 is 0 Å². The lowest BCUT2D eigenvalue weighted by atomic mass is 9.91. The van der Waals surface area contributed by atoms with E-state index in [0.29, 0.717) is 18.9 Å². The molecule has 0 aromatic carbocycles. The molecule has 0 bridgehead atoms. The van der Waals surface area contributed by atoms with Crippen molar-refractivity contribution >= 4 is 11.9 Å². The van der Waals surface area contributed by atoms with Crippen LogP contribution in [0.25, 0.3) is 0 Å². The zero-order chi connectivity index (χ0) is 17.9. The van der Waals surface area contributed by atoms with Crippen molar-refractivity contribution in [3.8, 4) is 0 Å². The number of hydrogen-bond acceptors (Lipinski definition) is 4. The SMILES string of the molecule is O=C(NCO)NCCCCC1CCN(C(=O)Cc2cccnc2)CC1. The Bertz CT molecular complexity index is 530. The Morgan fingerprint density at radius 2 is 2.04 bits per heavy atom. The lowest BCUT2D eigenvalue weighted by molar-refractivity contribution is -0.131. The molecule has 1 aromatic rings. The first-order chi connectivity index (χ1) is 12.2. The number of aromatic nitrogens is 1. The van der Waals surface area contributed by atoms with Gasteiger partial charge in [-0.25, -0.2) is 4.79 Å². The summed E-state index contributed by atoms with van der Waals surface area (Å²) in [5.74, 6) is 0.847. The molecule has 1 aliphatic rings.